The summed E-state index contributed by atoms with van der Waals surface area (Å²) in [5.41, 5.74) is 6.17. The summed E-state index contributed by atoms with van der Waals surface area (Å²) in [7, 11) is 1.64. The Kier molecular flexibility index (Phi) is 5.25. The smallest absolute Gasteiger partial charge is 0.246 e. The first-order valence-electron chi connectivity index (χ1n) is 13.0. The van der Waals surface area contributed by atoms with Crippen molar-refractivity contribution >= 4 is 33.6 Å². The van der Waals surface area contributed by atoms with Crippen molar-refractivity contribution in [1.29, 1.82) is 0 Å². The van der Waals surface area contributed by atoms with Gasteiger partial charge in [0.25, 0.3) is 0 Å². The minimum Gasteiger partial charge on any atom is -0.496 e. The molecule has 2 N–H and O–H groups in total. The van der Waals surface area contributed by atoms with Crippen LogP contribution in [0.25, 0.3) is 21.8 Å². The van der Waals surface area contributed by atoms with E-state index in [-0.39, 0.29) is 18.4 Å². The molecule has 190 valence electrons. The number of benzene rings is 3. The zero-order valence-electron chi connectivity index (χ0n) is 21.1. The molecule has 2 aromatic heterocycles. The topological polar surface area (TPSA) is 81.4 Å². The Labute approximate surface area is 220 Å². The third-order valence-corrected chi connectivity index (χ3v) is 8.10. The molecule has 0 spiro atoms. The number of carbonyl (C=O) groups is 2. The van der Waals surface area contributed by atoms with Gasteiger partial charge in [-0.1, -0.05) is 54.6 Å². The lowest BCUT2D eigenvalue weighted by Crippen LogP contribution is -2.63. The van der Waals surface area contributed by atoms with E-state index in [0.29, 0.717) is 25.1 Å². The minimum atomic E-state index is -0.569. The number of fused-ring (bicyclic) bond motifs is 5. The highest BCUT2D eigenvalue weighted by Crippen LogP contribution is 2.44. The molecule has 1 fully saturated rings. The van der Waals surface area contributed by atoms with Crippen LogP contribution in [0.2, 0.25) is 0 Å². The second-order valence-electron chi connectivity index (χ2n) is 10.1. The number of nitrogens with one attached hydrogen (secondary N) is 2. The molecule has 7 rings (SSSR count). The summed E-state index contributed by atoms with van der Waals surface area (Å²) < 4.78 is 5.72. The number of hydrogen-bond acceptors (Lipinski definition) is 3. The van der Waals surface area contributed by atoms with Gasteiger partial charge in [-0.15, -0.1) is 0 Å². The highest BCUT2D eigenvalue weighted by atomic mass is 16.5. The van der Waals surface area contributed by atoms with Crippen molar-refractivity contribution in [2.75, 3.05) is 20.2 Å². The molecule has 0 unspecified atom stereocenters. The Bertz CT molecular complexity index is 1700. The maximum atomic E-state index is 14.0. The summed E-state index contributed by atoms with van der Waals surface area (Å²) >= 11 is 0. The van der Waals surface area contributed by atoms with Crippen molar-refractivity contribution in [3.63, 3.8) is 0 Å². The highest BCUT2D eigenvalue weighted by Gasteiger charge is 2.48. The molecule has 2 aliphatic rings. The van der Waals surface area contributed by atoms with E-state index in [9.17, 15) is 9.59 Å². The van der Waals surface area contributed by atoms with Crippen molar-refractivity contribution in [3.8, 4) is 5.75 Å². The normalized spacial score (nSPS) is 19.2. The monoisotopic (exact) mass is 504 g/mol. The Balaban J connectivity index is 1.27. The number of carbonyl (C=O) groups excluding carboxylic acids is 2. The molecule has 0 bridgehead atoms. The Hall–Kier alpha value is -4.52. The number of amides is 2. The van der Waals surface area contributed by atoms with E-state index in [1.54, 1.807) is 16.9 Å². The quantitative estimate of drug-likeness (QED) is 0.368. The van der Waals surface area contributed by atoms with Crippen LogP contribution < -0.4 is 4.74 Å². The molecule has 7 nitrogen and oxygen atoms in total. The van der Waals surface area contributed by atoms with Crippen molar-refractivity contribution < 1.29 is 14.3 Å². The maximum absolute atomic E-state index is 14.0. The van der Waals surface area contributed by atoms with E-state index in [1.165, 1.54) is 0 Å². The molecule has 0 saturated carbocycles. The summed E-state index contributed by atoms with van der Waals surface area (Å²) in [5.74, 6) is 0.652. The SMILES string of the molecule is COc1ccccc1[C@@H]1c2[nH]c3ccccc3c2C[C@H]2C(=O)N(CCc3c[nH]c4ccccc34)CC(=O)N12. The number of aromatic nitrogens is 2. The van der Waals surface area contributed by atoms with Gasteiger partial charge in [0.05, 0.1) is 13.7 Å². The largest absolute Gasteiger partial charge is 0.496 e. The maximum Gasteiger partial charge on any atom is 0.246 e. The standard InChI is InChI=1S/C31H28N4O3/c1-38-27-13-7-4-10-22(27)30-29-23(21-9-3-6-12-25(21)33-29)16-26-31(37)34(18-28(36)35(26)30)15-14-19-17-32-24-11-5-2-8-20(19)24/h2-13,17,26,30,32-33H,14-16,18H2,1H3/t26-,30+/m0/s1. The van der Waals surface area contributed by atoms with E-state index in [0.717, 1.165) is 44.2 Å². The van der Waals surface area contributed by atoms with Crippen LogP contribution in [0.5, 0.6) is 5.75 Å². The van der Waals surface area contributed by atoms with Gasteiger partial charge < -0.3 is 24.5 Å². The third-order valence-electron chi connectivity index (χ3n) is 8.10. The molecule has 3 aromatic carbocycles. The number of ether oxygens (including phenoxy) is 1. The molecule has 2 atom stereocenters. The molecule has 0 aliphatic carbocycles. The summed E-state index contributed by atoms with van der Waals surface area (Å²) in [6.07, 6.45) is 3.17. The summed E-state index contributed by atoms with van der Waals surface area (Å²) in [4.78, 5) is 38.3. The molecular formula is C31H28N4O3. The first kappa shape index (κ1) is 22.7. The number of piperazine rings is 1. The molecule has 2 amide bonds. The van der Waals surface area contributed by atoms with Gasteiger partial charge in [-0.25, -0.2) is 0 Å². The molecular weight excluding hydrogens is 476 g/mol. The summed E-state index contributed by atoms with van der Waals surface area (Å²) in [5, 5.41) is 2.25. The number of hydrogen-bond donors (Lipinski definition) is 2. The van der Waals surface area contributed by atoms with Crippen LogP contribution in [-0.2, 0) is 22.4 Å². The van der Waals surface area contributed by atoms with Gasteiger partial charge in [0.15, 0.2) is 0 Å². The summed E-state index contributed by atoms with van der Waals surface area (Å²) in [6.45, 7) is 0.565. The van der Waals surface area contributed by atoms with Gasteiger partial charge in [-0.2, -0.15) is 0 Å². The van der Waals surface area contributed by atoms with Crippen LogP contribution in [0.4, 0.5) is 0 Å². The average molecular weight is 505 g/mol. The second-order valence-corrected chi connectivity index (χ2v) is 10.1. The number of nitrogens with zero attached hydrogens (tertiary/aromatic N) is 2. The fourth-order valence-electron chi connectivity index (χ4n) is 6.32. The molecule has 0 radical (unpaired) electrons. The molecule has 2 aliphatic heterocycles. The van der Waals surface area contributed by atoms with E-state index < -0.39 is 12.1 Å². The van der Waals surface area contributed by atoms with Gasteiger partial charge in [0.2, 0.25) is 11.8 Å². The first-order valence-corrected chi connectivity index (χ1v) is 13.0. The second kappa shape index (κ2) is 8.80. The van der Waals surface area contributed by atoms with Crippen molar-refractivity contribution in [1.82, 2.24) is 19.8 Å². The zero-order chi connectivity index (χ0) is 25.8. The number of para-hydroxylation sites is 3. The van der Waals surface area contributed by atoms with Crippen molar-refractivity contribution in [3.05, 3.63) is 101 Å². The Morgan fingerprint density at radius 2 is 1.66 bits per heavy atom. The van der Waals surface area contributed by atoms with E-state index >= 15 is 0 Å². The predicted molar refractivity (Wildman–Crippen MR) is 146 cm³/mol. The molecule has 5 aromatic rings. The average Bonchev–Trinajstić information content (AvgIpc) is 3.54. The lowest BCUT2D eigenvalue weighted by molar-refractivity contribution is -0.158. The number of rotatable bonds is 5. The van der Waals surface area contributed by atoms with E-state index in [2.05, 4.69) is 22.1 Å². The zero-order valence-corrected chi connectivity index (χ0v) is 21.1. The van der Waals surface area contributed by atoms with Crippen LogP contribution in [0, 0.1) is 0 Å². The van der Waals surface area contributed by atoms with Crippen molar-refractivity contribution in [2.45, 2.75) is 24.9 Å². The van der Waals surface area contributed by atoms with Gasteiger partial charge in [0.1, 0.15) is 17.8 Å². The lowest BCUT2D eigenvalue weighted by atomic mass is 9.86. The number of H-pyrrole nitrogens is 2. The van der Waals surface area contributed by atoms with Crippen LogP contribution in [0.3, 0.4) is 0 Å². The minimum absolute atomic E-state index is 0.000250. The van der Waals surface area contributed by atoms with E-state index in [4.69, 9.17) is 4.74 Å². The van der Waals surface area contributed by atoms with Gasteiger partial charge >= 0.3 is 0 Å². The summed E-state index contributed by atoms with van der Waals surface area (Å²) in [6, 6.07) is 23.1. The van der Waals surface area contributed by atoms with Crippen LogP contribution in [-0.4, -0.2) is 57.8 Å². The molecule has 1 saturated heterocycles. The van der Waals surface area contributed by atoms with Gasteiger partial charge in [-0.3, -0.25) is 9.59 Å². The predicted octanol–water partition coefficient (Wildman–Crippen LogP) is 4.59. The molecule has 4 heterocycles. The Morgan fingerprint density at radius 1 is 0.921 bits per heavy atom. The van der Waals surface area contributed by atoms with Crippen LogP contribution in [0.15, 0.2) is 79.0 Å². The lowest BCUT2D eigenvalue weighted by Gasteiger charge is -2.47. The highest BCUT2D eigenvalue weighted by molar-refractivity contribution is 5.98. The van der Waals surface area contributed by atoms with Gasteiger partial charge in [0, 0.05) is 52.2 Å². The van der Waals surface area contributed by atoms with Gasteiger partial charge in [-0.05, 0) is 35.7 Å². The number of methoxy groups -OCH3 is 1. The number of aromatic amines is 2. The molecule has 7 heteroatoms. The van der Waals surface area contributed by atoms with Crippen LogP contribution in [0.1, 0.15) is 28.4 Å². The van der Waals surface area contributed by atoms with E-state index in [1.807, 2.05) is 66.9 Å². The molecule has 38 heavy (non-hydrogen) atoms. The van der Waals surface area contributed by atoms with Crippen LogP contribution >= 0.6 is 0 Å². The first-order chi connectivity index (χ1) is 18.6. The fraction of sp³-hybridized carbons (Fsp3) is 0.226. The third kappa shape index (κ3) is 3.42. The van der Waals surface area contributed by atoms with Crippen molar-refractivity contribution in [2.24, 2.45) is 0 Å². The Morgan fingerprint density at radius 3 is 2.50 bits per heavy atom. The fourth-order valence-corrected chi connectivity index (χ4v) is 6.32.